The molecule has 2 N–H and O–H groups in total. The van der Waals surface area contributed by atoms with Crippen LogP contribution in [0.4, 0.5) is 8.78 Å². The Hall–Kier alpha value is -1.98. The van der Waals surface area contributed by atoms with E-state index in [0.29, 0.717) is 0 Å². The van der Waals surface area contributed by atoms with Crippen molar-refractivity contribution in [3.63, 3.8) is 0 Å². The molecule has 0 radical (unpaired) electrons. The molecule has 0 fully saturated rings. The van der Waals surface area contributed by atoms with Crippen molar-refractivity contribution < 1.29 is 18.4 Å². The molecule has 0 aliphatic carbocycles. The molecule has 1 atom stereocenters. The average Bonchev–Trinajstić information content (AvgIpc) is 2.35. The summed E-state index contributed by atoms with van der Waals surface area (Å²) in [7, 11) is 0. The van der Waals surface area contributed by atoms with Crippen molar-refractivity contribution in [1.29, 1.82) is 0 Å². The minimum Gasteiger partial charge on any atom is -0.348 e. The molecular formula is C13H16F2N2O2. The number of rotatable bonds is 5. The molecule has 2 amide bonds. The van der Waals surface area contributed by atoms with Gasteiger partial charge in [0.25, 0.3) is 0 Å². The quantitative estimate of drug-likeness (QED) is 0.855. The Morgan fingerprint density at radius 3 is 2.53 bits per heavy atom. The molecule has 19 heavy (non-hydrogen) atoms. The molecule has 1 rings (SSSR count). The van der Waals surface area contributed by atoms with Crippen LogP contribution in [0.15, 0.2) is 18.2 Å². The van der Waals surface area contributed by atoms with Crippen LogP contribution in [0.5, 0.6) is 0 Å². The molecule has 0 saturated heterocycles. The molecule has 0 aliphatic rings. The first-order valence-corrected chi connectivity index (χ1v) is 5.95. The second-order valence-electron chi connectivity index (χ2n) is 4.09. The summed E-state index contributed by atoms with van der Waals surface area (Å²) in [6.07, 6.45) is 0.287. The van der Waals surface area contributed by atoms with Gasteiger partial charge in [0.15, 0.2) is 0 Å². The highest BCUT2D eigenvalue weighted by Gasteiger charge is 2.14. The molecule has 4 nitrogen and oxygen atoms in total. The molecule has 0 aliphatic heterocycles. The van der Waals surface area contributed by atoms with Crippen molar-refractivity contribution in [2.24, 2.45) is 0 Å². The summed E-state index contributed by atoms with van der Waals surface area (Å²) >= 11 is 0. The fourth-order valence-electron chi connectivity index (χ4n) is 1.53. The highest BCUT2D eigenvalue weighted by molar-refractivity contribution is 5.84. The van der Waals surface area contributed by atoms with E-state index in [9.17, 15) is 18.4 Å². The summed E-state index contributed by atoms with van der Waals surface area (Å²) in [4.78, 5) is 22.5. The second kappa shape index (κ2) is 6.82. The Bertz CT molecular complexity index is 478. The van der Waals surface area contributed by atoms with Gasteiger partial charge in [-0.2, -0.15) is 0 Å². The Balaban J connectivity index is 2.56. The van der Waals surface area contributed by atoms with E-state index in [0.717, 1.165) is 12.1 Å². The standard InChI is InChI=1S/C13H16F2N2O2/c1-3-12(18)16-7-13(19)17-8(2)10-5-4-9(14)6-11(10)15/h4-6,8H,3,7H2,1-2H3,(H,16,18)(H,17,19). The van der Waals surface area contributed by atoms with E-state index in [4.69, 9.17) is 0 Å². The van der Waals surface area contributed by atoms with E-state index in [1.807, 2.05) is 0 Å². The summed E-state index contributed by atoms with van der Waals surface area (Å²) in [5.41, 5.74) is 0.191. The summed E-state index contributed by atoms with van der Waals surface area (Å²) in [6, 6.07) is 2.56. The lowest BCUT2D eigenvalue weighted by Crippen LogP contribution is -2.37. The van der Waals surface area contributed by atoms with Gasteiger partial charge in [0.05, 0.1) is 12.6 Å². The molecule has 6 heteroatoms. The summed E-state index contributed by atoms with van der Waals surface area (Å²) in [5.74, 6) is -2.06. The highest BCUT2D eigenvalue weighted by Crippen LogP contribution is 2.17. The Morgan fingerprint density at radius 1 is 1.26 bits per heavy atom. The molecule has 104 valence electrons. The van der Waals surface area contributed by atoms with Gasteiger partial charge in [-0.05, 0) is 13.0 Å². The first kappa shape index (κ1) is 15.1. The number of hydrogen-bond acceptors (Lipinski definition) is 2. The maximum Gasteiger partial charge on any atom is 0.239 e. The molecule has 0 aromatic heterocycles. The van der Waals surface area contributed by atoms with Crippen LogP contribution in [0.2, 0.25) is 0 Å². The van der Waals surface area contributed by atoms with E-state index in [1.165, 1.54) is 6.07 Å². The van der Waals surface area contributed by atoms with Crippen LogP contribution in [-0.2, 0) is 9.59 Å². The predicted molar refractivity (Wildman–Crippen MR) is 66.2 cm³/mol. The molecule has 0 heterocycles. The van der Waals surface area contributed by atoms with Crippen LogP contribution in [0, 0.1) is 11.6 Å². The summed E-state index contributed by atoms with van der Waals surface area (Å²) in [5, 5.41) is 4.93. The number of nitrogens with one attached hydrogen (secondary N) is 2. The first-order chi connectivity index (χ1) is 8.93. The lowest BCUT2D eigenvalue weighted by atomic mass is 10.1. The lowest BCUT2D eigenvalue weighted by molar-refractivity contribution is -0.126. The molecule has 0 bridgehead atoms. The van der Waals surface area contributed by atoms with E-state index in [-0.39, 0.29) is 24.4 Å². The number of benzene rings is 1. The Kier molecular flexibility index (Phi) is 5.41. The zero-order chi connectivity index (χ0) is 14.4. The average molecular weight is 270 g/mol. The number of carbonyl (C=O) groups excluding carboxylic acids is 2. The fourth-order valence-corrected chi connectivity index (χ4v) is 1.53. The highest BCUT2D eigenvalue weighted by atomic mass is 19.1. The minimum atomic E-state index is -0.717. The predicted octanol–water partition coefficient (Wildman–Crippen LogP) is 1.67. The molecule has 1 aromatic rings. The summed E-state index contributed by atoms with van der Waals surface area (Å²) < 4.78 is 26.2. The summed E-state index contributed by atoms with van der Waals surface area (Å²) in [6.45, 7) is 3.08. The number of amides is 2. The van der Waals surface area contributed by atoms with Gasteiger partial charge in [0.1, 0.15) is 11.6 Å². The Labute approximate surface area is 110 Å². The van der Waals surface area contributed by atoms with Crippen LogP contribution in [0.3, 0.4) is 0 Å². The number of carbonyl (C=O) groups is 2. The molecule has 1 aromatic carbocycles. The molecule has 0 spiro atoms. The van der Waals surface area contributed by atoms with Crippen LogP contribution in [0.1, 0.15) is 31.9 Å². The maximum atomic E-state index is 13.5. The molecule has 0 saturated carbocycles. The second-order valence-corrected chi connectivity index (χ2v) is 4.09. The molecular weight excluding hydrogens is 254 g/mol. The van der Waals surface area contributed by atoms with Gasteiger partial charge in [-0.1, -0.05) is 13.0 Å². The number of halogens is 2. The minimum absolute atomic E-state index is 0.167. The van der Waals surface area contributed by atoms with Gasteiger partial charge in [0.2, 0.25) is 11.8 Å². The van der Waals surface area contributed by atoms with Crippen molar-refractivity contribution in [1.82, 2.24) is 10.6 Å². The molecule has 1 unspecified atom stereocenters. The van der Waals surface area contributed by atoms with Crippen LogP contribution in [0.25, 0.3) is 0 Å². The van der Waals surface area contributed by atoms with Crippen molar-refractivity contribution in [3.8, 4) is 0 Å². The normalized spacial score (nSPS) is 11.8. The monoisotopic (exact) mass is 270 g/mol. The van der Waals surface area contributed by atoms with E-state index < -0.39 is 23.6 Å². The fraction of sp³-hybridized carbons (Fsp3) is 0.385. The van der Waals surface area contributed by atoms with Crippen molar-refractivity contribution in [2.75, 3.05) is 6.54 Å². The first-order valence-electron chi connectivity index (χ1n) is 5.95. The van der Waals surface area contributed by atoms with Gasteiger partial charge in [-0.3, -0.25) is 9.59 Å². The third-order valence-electron chi connectivity index (χ3n) is 2.57. The van der Waals surface area contributed by atoms with E-state index >= 15 is 0 Å². The third-order valence-corrected chi connectivity index (χ3v) is 2.57. The van der Waals surface area contributed by atoms with Crippen molar-refractivity contribution in [2.45, 2.75) is 26.3 Å². The smallest absolute Gasteiger partial charge is 0.239 e. The van der Waals surface area contributed by atoms with Gasteiger partial charge in [-0.15, -0.1) is 0 Å². The van der Waals surface area contributed by atoms with E-state index in [2.05, 4.69) is 10.6 Å². The van der Waals surface area contributed by atoms with Gasteiger partial charge < -0.3 is 10.6 Å². The lowest BCUT2D eigenvalue weighted by Gasteiger charge is -2.15. The van der Waals surface area contributed by atoms with Crippen molar-refractivity contribution in [3.05, 3.63) is 35.4 Å². The Morgan fingerprint density at radius 2 is 1.95 bits per heavy atom. The maximum absolute atomic E-state index is 13.5. The van der Waals surface area contributed by atoms with Gasteiger partial charge in [-0.25, -0.2) is 8.78 Å². The van der Waals surface area contributed by atoms with Gasteiger partial charge >= 0.3 is 0 Å². The number of hydrogen-bond donors (Lipinski definition) is 2. The third kappa shape index (κ3) is 4.65. The van der Waals surface area contributed by atoms with Crippen LogP contribution >= 0.6 is 0 Å². The van der Waals surface area contributed by atoms with Crippen LogP contribution < -0.4 is 10.6 Å². The van der Waals surface area contributed by atoms with Gasteiger partial charge in [0, 0.05) is 18.1 Å². The SMILES string of the molecule is CCC(=O)NCC(=O)NC(C)c1ccc(F)cc1F. The zero-order valence-electron chi connectivity index (χ0n) is 10.8. The largest absolute Gasteiger partial charge is 0.348 e. The van der Waals surface area contributed by atoms with E-state index in [1.54, 1.807) is 13.8 Å². The van der Waals surface area contributed by atoms with Crippen LogP contribution in [-0.4, -0.2) is 18.4 Å². The van der Waals surface area contributed by atoms with Crippen molar-refractivity contribution >= 4 is 11.8 Å². The zero-order valence-corrected chi connectivity index (χ0v) is 10.8. The topological polar surface area (TPSA) is 58.2 Å².